The maximum atomic E-state index is 9.95. The van der Waals surface area contributed by atoms with Gasteiger partial charge in [0.1, 0.15) is 6.54 Å². The summed E-state index contributed by atoms with van der Waals surface area (Å²) in [5.41, 5.74) is 0.339. The van der Waals surface area contributed by atoms with Gasteiger partial charge in [0, 0.05) is 31.7 Å². The molecular formula is C12H27N2OS+. The molecule has 0 saturated heterocycles. The van der Waals surface area contributed by atoms with Gasteiger partial charge in [-0.15, -0.1) is 5.06 Å². The van der Waals surface area contributed by atoms with Crippen molar-refractivity contribution in [2.24, 2.45) is 10.8 Å². The van der Waals surface area contributed by atoms with Crippen LogP contribution in [0.2, 0.25) is 0 Å². The summed E-state index contributed by atoms with van der Waals surface area (Å²) in [4.78, 5) is 1.78. The topological polar surface area (TPSA) is 27.9 Å². The Morgan fingerprint density at radius 3 is 1.94 bits per heavy atom. The Kier molecular flexibility index (Phi) is 5.36. The van der Waals surface area contributed by atoms with Crippen LogP contribution in [-0.4, -0.2) is 35.9 Å². The average molecular weight is 247 g/mol. The molecule has 0 bridgehead atoms. The molecule has 2 N–H and O–H groups in total. The van der Waals surface area contributed by atoms with E-state index in [-0.39, 0.29) is 10.8 Å². The largest absolute Gasteiger partial charge is 0.322 e. The maximum Gasteiger partial charge on any atom is 0.303 e. The second-order valence-corrected chi connectivity index (χ2v) is 7.11. The van der Waals surface area contributed by atoms with Gasteiger partial charge in [0.05, 0.1) is 0 Å². The third kappa shape index (κ3) is 6.40. The van der Waals surface area contributed by atoms with Crippen LogP contribution in [0.15, 0.2) is 0 Å². The van der Waals surface area contributed by atoms with Crippen molar-refractivity contribution in [3.8, 4) is 0 Å². The molecule has 0 rings (SSSR count). The van der Waals surface area contributed by atoms with Gasteiger partial charge in [-0.3, -0.25) is 0 Å². The molecule has 96 valence electrons. The summed E-state index contributed by atoms with van der Waals surface area (Å²) >= 11 is 5.15. The molecule has 1 unspecified atom stereocenters. The molecule has 0 aliphatic carbocycles. The Bertz CT molecular complexity index is 244. The van der Waals surface area contributed by atoms with E-state index in [9.17, 15) is 5.21 Å². The Labute approximate surface area is 105 Å². The molecular weight excluding hydrogens is 220 g/mol. The van der Waals surface area contributed by atoms with Crippen molar-refractivity contribution in [1.29, 1.82) is 0 Å². The Balaban J connectivity index is 4.42. The van der Waals surface area contributed by atoms with E-state index in [4.69, 9.17) is 12.2 Å². The fourth-order valence-electron chi connectivity index (χ4n) is 2.29. The predicted molar refractivity (Wildman–Crippen MR) is 71.8 cm³/mol. The summed E-state index contributed by atoms with van der Waals surface area (Å²) in [6.45, 7) is 11.6. The fraction of sp³-hybridized carbons (Fsp3) is 0.917. The molecule has 0 heterocycles. The van der Waals surface area contributed by atoms with Crippen molar-refractivity contribution in [3.05, 3.63) is 0 Å². The second-order valence-electron chi connectivity index (χ2n) is 6.72. The highest BCUT2D eigenvalue weighted by Gasteiger charge is 2.31. The lowest BCUT2D eigenvalue weighted by Crippen LogP contribution is -3.14. The van der Waals surface area contributed by atoms with Gasteiger partial charge in [0.15, 0.2) is 0 Å². The van der Waals surface area contributed by atoms with Crippen LogP contribution in [0.5, 0.6) is 0 Å². The van der Waals surface area contributed by atoms with Gasteiger partial charge >= 0.3 is 5.11 Å². The number of hydroxylamine groups is 2. The van der Waals surface area contributed by atoms with E-state index >= 15 is 0 Å². The van der Waals surface area contributed by atoms with Gasteiger partial charge in [-0.05, 0) is 11.8 Å². The minimum atomic E-state index is 0.0718. The number of hydrogen-bond donors (Lipinski definition) is 2. The van der Waals surface area contributed by atoms with Crippen LogP contribution in [0.4, 0.5) is 0 Å². The predicted octanol–water partition coefficient (Wildman–Crippen LogP) is 1.57. The number of rotatable bonds is 3. The lowest BCUT2D eigenvalue weighted by atomic mass is 9.76. The van der Waals surface area contributed by atoms with E-state index < -0.39 is 0 Å². The monoisotopic (exact) mass is 247 g/mol. The highest BCUT2D eigenvalue weighted by atomic mass is 32.1. The lowest BCUT2D eigenvalue weighted by Gasteiger charge is -2.32. The zero-order chi connectivity index (χ0) is 13.1. The Hall–Kier alpha value is -0.190. The van der Waals surface area contributed by atoms with Crippen molar-refractivity contribution in [2.75, 3.05) is 20.6 Å². The van der Waals surface area contributed by atoms with Crippen LogP contribution < -0.4 is 5.06 Å². The van der Waals surface area contributed by atoms with Crippen molar-refractivity contribution >= 4 is 17.3 Å². The second kappa shape index (κ2) is 5.43. The van der Waals surface area contributed by atoms with Crippen molar-refractivity contribution < 1.29 is 10.3 Å². The highest BCUT2D eigenvalue weighted by molar-refractivity contribution is 7.79. The zero-order valence-corrected chi connectivity index (χ0v) is 12.5. The molecule has 0 fully saturated rings. The molecule has 0 radical (unpaired) electrons. The molecule has 0 amide bonds. The van der Waals surface area contributed by atoms with Gasteiger partial charge < -0.3 is 4.90 Å². The number of thiocarbonyl (C=S) groups is 1. The van der Waals surface area contributed by atoms with E-state index in [1.807, 2.05) is 14.1 Å². The van der Waals surface area contributed by atoms with Crippen LogP contribution in [-0.2, 0) is 0 Å². The summed E-state index contributed by atoms with van der Waals surface area (Å²) in [7, 11) is 3.71. The van der Waals surface area contributed by atoms with Crippen LogP contribution in [0.25, 0.3) is 0 Å². The van der Waals surface area contributed by atoms with E-state index in [1.165, 1.54) is 0 Å². The molecule has 0 aromatic rings. The third-order valence-electron chi connectivity index (χ3n) is 2.31. The quantitative estimate of drug-likeness (QED) is 0.586. The molecule has 0 aromatic carbocycles. The van der Waals surface area contributed by atoms with E-state index in [1.54, 1.807) is 4.90 Å². The Morgan fingerprint density at radius 1 is 1.19 bits per heavy atom. The van der Waals surface area contributed by atoms with Gasteiger partial charge in [-0.2, -0.15) is 0 Å². The number of quaternary nitrogens is 1. The van der Waals surface area contributed by atoms with Gasteiger partial charge in [-0.25, -0.2) is 5.21 Å². The first-order valence-corrected chi connectivity index (χ1v) is 6.12. The Morgan fingerprint density at radius 2 is 1.62 bits per heavy atom. The molecule has 0 aliphatic heterocycles. The van der Waals surface area contributed by atoms with E-state index in [0.717, 1.165) is 6.42 Å². The standard InChI is InChI=1S/C12H26N2OS/c1-11(2,3)8-12(4,5)9-14(15)10(16)13(6)7/h15H,8-9H2,1-7H3/p+1. The van der Waals surface area contributed by atoms with Gasteiger partial charge in [0.25, 0.3) is 0 Å². The van der Waals surface area contributed by atoms with Crippen molar-refractivity contribution in [2.45, 2.75) is 41.0 Å². The third-order valence-corrected chi connectivity index (χ3v) is 2.91. The smallest absolute Gasteiger partial charge is 0.303 e. The molecule has 0 aromatic heterocycles. The normalized spacial score (nSPS) is 14.8. The van der Waals surface area contributed by atoms with Crippen LogP contribution in [0.1, 0.15) is 41.0 Å². The minimum Gasteiger partial charge on any atom is -0.322 e. The number of nitrogens with zero attached hydrogens (tertiary/aromatic N) is 1. The molecule has 0 spiro atoms. The van der Waals surface area contributed by atoms with E-state index in [0.29, 0.717) is 16.7 Å². The van der Waals surface area contributed by atoms with Crippen molar-refractivity contribution in [1.82, 2.24) is 4.90 Å². The zero-order valence-electron chi connectivity index (χ0n) is 11.7. The highest BCUT2D eigenvalue weighted by Crippen LogP contribution is 2.31. The summed E-state index contributed by atoms with van der Waals surface area (Å²) in [6.07, 6.45) is 1.06. The summed E-state index contributed by atoms with van der Waals surface area (Å²) < 4.78 is 0. The van der Waals surface area contributed by atoms with Crippen LogP contribution >= 0.6 is 12.2 Å². The number of nitrogens with one attached hydrogen (secondary N) is 1. The molecule has 3 nitrogen and oxygen atoms in total. The van der Waals surface area contributed by atoms with E-state index in [2.05, 4.69) is 34.6 Å². The molecule has 4 heteroatoms. The molecule has 16 heavy (non-hydrogen) atoms. The van der Waals surface area contributed by atoms with Gasteiger partial charge in [-0.1, -0.05) is 34.6 Å². The first kappa shape index (κ1) is 15.8. The molecule has 0 saturated carbocycles. The van der Waals surface area contributed by atoms with Gasteiger partial charge in [0.2, 0.25) is 0 Å². The van der Waals surface area contributed by atoms with Crippen LogP contribution in [0, 0.1) is 10.8 Å². The first-order valence-electron chi connectivity index (χ1n) is 5.71. The maximum absolute atomic E-state index is 9.95. The summed E-state index contributed by atoms with van der Waals surface area (Å²) in [5.74, 6) is 0. The summed E-state index contributed by atoms with van der Waals surface area (Å²) in [6, 6.07) is 0. The summed E-state index contributed by atoms with van der Waals surface area (Å²) in [5, 5.41) is 10.8. The molecule has 0 aliphatic rings. The average Bonchev–Trinajstić information content (AvgIpc) is 1.96. The lowest BCUT2D eigenvalue weighted by molar-refractivity contribution is -1.02. The van der Waals surface area contributed by atoms with Crippen molar-refractivity contribution in [3.63, 3.8) is 0 Å². The molecule has 1 atom stereocenters. The SMILES string of the molecule is CN(C)C(=S)[NH+](O)CC(C)(C)CC(C)(C)C. The fourth-order valence-corrected chi connectivity index (χ4v) is 2.36. The first-order chi connectivity index (χ1) is 6.94. The number of hydrogen-bond acceptors (Lipinski definition) is 2. The minimum absolute atomic E-state index is 0.0718. The van der Waals surface area contributed by atoms with Crippen LogP contribution in [0.3, 0.4) is 0 Å².